The molecular weight excluding hydrogens is 246 g/mol. The fraction of sp³-hybridized carbons (Fsp3) is 0.222. The molecule has 0 aliphatic rings. The van der Waals surface area contributed by atoms with Gasteiger partial charge in [0.15, 0.2) is 0 Å². The van der Waals surface area contributed by atoms with Gasteiger partial charge in [-0.1, -0.05) is 0 Å². The molecule has 0 N–H and O–H groups in total. The van der Waals surface area contributed by atoms with E-state index >= 15 is 0 Å². The summed E-state index contributed by atoms with van der Waals surface area (Å²) in [7, 11) is 0. The van der Waals surface area contributed by atoms with Crippen LogP contribution in [0, 0.1) is 5.82 Å². The maximum absolute atomic E-state index is 12.9. The SMILES string of the molecule is CCOC(=O)c1ccc(F)c(S(=O)[O-])c1.[Na+]. The molecule has 0 aromatic heterocycles. The van der Waals surface area contributed by atoms with Crippen molar-refractivity contribution >= 4 is 17.0 Å². The average molecular weight is 254 g/mol. The van der Waals surface area contributed by atoms with Gasteiger partial charge in [-0.2, -0.15) is 0 Å². The molecule has 1 aromatic rings. The Balaban J connectivity index is 0.00000225. The topological polar surface area (TPSA) is 66.4 Å². The number of hydrogen-bond acceptors (Lipinski definition) is 4. The number of halogens is 1. The quantitative estimate of drug-likeness (QED) is 0.364. The van der Waals surface area contributed by atoms with Crippen molar-refractivity contribution in [2.75, 3.05) is 6.61 Å². The predicted octanol–water partition coefficient (Wildman–Crippen LogP) is -1.76. The minimum absolute atomic E-state index is 0. The second kappa shape index (κ2) is 7.13. The molecule has 0 aliphatic carbocycles. The minimum atomic E-state index is -2.70. The van der Waals surface area contributed by atoms with Gasteiger partial charge in [0.05, 0.1) is 17.1 Å². The van der Waals surface area contributed by atoms with Crippen LogP contribution in [0.25, 0.3) is 0 Å². The van der Waals surface area contributed by atoms with Gasteiger partial charge < -0.3 is 9.29 Å². The Labute approximate surface area is 117 Å². The first-order valence-corrected chi connectivity index (χ1v) is 5.19. The standard InChI is InChI=1S/C9H9FO4S.Na/c1-2-14-9(11)6-3-4-7(10)8(5-6)15(12)13;/h3-5H,2H2,1H3,(H,12,13);/q;+1/p-1. The van der Waals surface area contributed by atoms with Crippen molar-refractivity contribution in [3.63, 3.8) is 0 Å². The van der Waals surface area contributed by atoms with E-state index < -0.39 is 27.8 Å². The molecule has 0 saturated heterocycles. The Bertz CT molecular complexity index is 410. The summed E-state index contributed by atoms with van der Waals surface area (Å²) in [6, 6.07) is 3.03. The zero-order valence-electron chi connectivity index (χ0n) is 8.86. The molecule has 0 aliphatic heterocycles. The number of carbonyl (C=O) groups is 1. The number of ether oxygens (including phenoxy) is 1. The summed E-state index contributed by atoms with van der Waals surface area (Å²) in [6.07, 6.45) is 0. The van der Waals surface area contributed by atoms with Crippen LogP contribution in [0.1, 0.15) is 17.3 Å². The smallest absolute Gasteiger partial charge is 0.768 e. The average Bonchev–Trinajstić information content (AvgIpc) is 2.18. The number of rotatable bonds is 3. The van der Waals surface area contributed by atoms with E-state index in [1.165, 1.54) is 6.07 Å². The third kappa shape index (κ3) is 3.95. The first-order chi connectivity index (χ1) is 7.06. The maximum atomic E-state index is 12.9. The summed E-state index contributed by atoms with van der Waals surface area (Å²) in [5, 5.41) is 0. The number of benzene rings is 1. The van der Waals surface area contributed by atoms with Crippen LogP contribution in [-0.2, 0) is 15.8 Å². The van der Waals surface area contributed by atoms with Gasteiger partial charge in [0.1, 0.15) is 5.82 Å². The molecule has 0 bridgehead atoms. The minimum Gasteiger partial charge on any atom is -0.768 e. The molecule has 1 unspecified atom stereocenters. The first kappa shape index (κ1) is 15.7. The van der Waals surface area contributed by atoms with Crippen molar-refractivity contribution in [3.05, 3.63) is 29.6 Å². The van der Waals surface area contributed by atoms with E-state index in [1.54, 1.807) is 6.92 Å². The van der Waals surface area contributed by atoms with Crippen molar-refractivity contribution in [3.8, 4) is 0 Å². The molecule has 0 saturated carbocycles. The normalized spacial score (nSPS) is 11.4. The Kier molecular flexibility index (Phi) is 7.01. The van der Waals surface area contributed by atoms with Gasteiger partial charge in [-0.3, -0.25) is 4.21 Å². The van der Waals surface area contributed by atoms with Crippen LogP contribution in [0.4, 0.5) is 4.39 Å². The fourth-order valence-electron chi connectivity index (χ4n) is 0.972. The predicted molar refractivity (Wildman–Crippen MR) is 49.5 cm³/mol. The van der Waals surface area contributed by atoms with Crippen LogP contribution in [0.3, 0.4) is 0 Å². The molecule has 4 nitrogen and oxygen atoms in total. The Morgan fingerprint density at radius 1 is 1.56 bits per heavy atom. The molecule has 1 atom stereocenters. The summed E-state index contributed by atoms with van der Waals surface area (Å²) in [5.74, 6) is -1.57. The van der Waals surface area contributed by atoms with Gasteiger partial charge in [0.25, 0.3) is 0 Å². The molecule has 0 amide bonds. The summed E-state index contributed by atoms with van der Waals surface area (Å²) >= 11 is -2.70. The number of carbonyl (C=O) groups excluding carboxylic acids is 1. The van der Waals surface area contributed by atoms with Crippen LogP contribution in [0.5, 0.6) is 0 Å². The largest absolute Gasteiger partial charge is 1.00 e. The van der Waals surface area contributed by atoms with Gasteiger partial charge in [0.2, 0.25) is 0 Å². The Morgan fingerprint density at radius 3 is 2.69 bits per heavy atom. The van der Waals surface area contributed by atoms with E-state index in [0.29, 0.717) is 0 Å². The van der Waals surface area contributed by atoms with Gasteiger partial charge >= 0.3 is 35.5 Å². The van der Waals surface area contributed by atoms with E-state index in [0.717, 1.165) is 12.1 Å². The number of esters is 1. The molecule has 0 heterocycles. The van der Waals surface area contributed by atoms with Gasteiger partial charge in [-0.25, -0.2) is 9.18 Å². The van der Waals surface area contributed by atoms with Gasteiger partial charge in [-0.05, 0) is 36.2 Å². The molecule has 0 radical (unpaired) electrons. The van der Waals surface area contributed by atoms with Crippen molar-refractivity contribution in [2.24, 2.45) is 0 Å². The molecule has 7 heteroatoms. The summed E-state index contributed by atoms with van der Waals surface area (Å²) < 4.78 is 38.7. The number of hydrogen-bond donors (Lipinski definition) is 0. The van der Waals surface area contributed by atoms with E-state index in [4.69, 9.17) is 0 Å². The molecule has 82 valence electrons. The molecule has 1 rings (SSSR count). The molecular formula is C9H8FNaO4S. The Hall–Kier alpha value is -0.270. The second-order valence-electron chi connectivity index (χ2n) is 2.60. The van der Waals surface area contributed by atoms with E-state index in [9.17, 15) is 17.9 Å². The van der Waals surface area contributed by atoms with E-state index in [-0.39, 0.29) is 41.7 Å². The zero-order valence-corrected chi connectivity index (χ0v) is 11.7. The zero-order chi connectivity index (χ0) is 11.4. The first-order valence-electron chi connectivity index (χ1n) is 4.12. The molecule has 0 spiro atoms. The maximum Gasteiger partial charge on any atom is 1.00 e. The second-order valence-corrected chi connectivity index (χ2v) is 3.51. The van der Waals surface area contributed by atoms with Crippen molar-refractivity contribution in [1.29, 1.82) is 0 Å². The van der Waals surface area contributed by atoms with Crippen LogP contribution >= 0.6 is 0 Å². The van der Waals surface area contributed by atoms with E-state index in [2.05, 4.69) is 4.74 Å². The van der Waals surface area contributed by atoms with Gasteiger partial charge in [-0.15, -0.1) is 0 Å². The van der Waals surface area contributed by atoms with Gasteiger partial charge in [0, 0.05) is 0 Å². The molecule has 1 aromatic carbocycles. The fourth-order valence-corrected chi connectivity index (χ4v) is 1.42. The molecule has 0 fully saturated rings. The van der Waals surface area contributed by atoms with Crippen molar-refractivity contribution < 1.29 is 52.2 Å². The summed E-state index contributed by atoms with van der Waals surface area (Å²) in [4.78, 5) is 10.6. The monoisotopic (exact) mass is 254 g/mol. The van der Waals surface area contributed by atoms with Crippen molar-refractivity contribution in [2.45, 2.75) is 11.8 Å². The van der Waals surface area contributed by atoms with E-state index in [1.807, 2.05) is 0 Å². The van der Waals surface area contributed by atoms with Crippen molar-refractivity contribution in [1.82, 2.24) is 0 Å². The molecule has 16 heavy (non-hydrogen) atoms. The van der Waals surface area contributed by atoms with Crippen LogP contribution in [-0.4, -0.2) is 21.3 Å². The third-order valence-electron chi connectivity index (χ3n) is 1.62. The van der Waals surface area contributed by atoms with Crippen LogP contribution < -0.4 is 29.6 Å². The summed E-state index contributed by atoms with van der Waals surface area (Å²) in [6.45, 7) is 1.79. The van der Waals surface area contributed by atoms with Crippen LogP contribution in [0.15, 0.2) is 23.1 Å². The third-order valence-corrected chi connectivity index (χ3v) is 2.29. The summed E-state index contributed by atoms with van der Waals surface area (Å²) in [5.41, 5.74) is 0.0115. The van der Waals surface area contributed by atoms with Crippen LogP contribution in [0.2, 0.25) is 0 Å². The Morgan fingerprint density at radius 2 is 2.19 bits per heavy atom.